The highest BCUT2D eigenvalue weighted by molar-refractivity contribution is 5.91. The van der Waals surface area contributed by atoms with Gasteiger partial charge < -0.3 is 20.7 Å². The van der Waals surface area contributed by atoms with Crippen molar-refractivity contribution in [3.05, 3.63) is 59.9 Å². The fourth-order valence-electron chi connectivity index (χ4n) is 3.10. The van der Waals surface area contributed by atoms with Crippen molar-refractivity contribution < 1.29 is 14.3 Å². The van der Waals surface area contributed by atoms with Crippen LogP contribution in [-0.2, 0) is 6.42 Å². The van der Waals surface area contributed by atoms with Crippen LogP contribution in [0.3, 0.4) is 0 Å². The third kappa shape index (κ3) is 5.44. The molecule has 1 aromatic carbocycles. The maximum absolute atomic E-state index is 12.4. The van der Waals surface area contributed by atoms with Gasteiger partial charge in [-0.2, -0.15) is 0 Å². The number of nitrogens with one attached hydrogen (secondary N) is 1. The Hall–Kier alpha value is -3.09. The summed E-state index contributed by atoms with van der Waals surface area (Å²) < 4.78 is 5.93. The van der Waals surface area contributed by atoms with Crippen molar-refractivity contribution in [1.29, 1.82) is 0 Å². The second-order valence-corrected chi connectivity index (χ2v) is 6.54. The number of urea groups is 1. The lowest BCUT2D eigenvalue weighted by Gasteiger charge is -2.33. The minimum Gasteiger partial charge on any atom is -0.488 e. The Labute approximate surface area is 158 Å². The molecule has 27 heavy (non-hydrogen) atoms. The van der Waals surface area contributed by atoms with Crippen molar-refractivity contribution in [3.8, 4) is 5.75 Å². The lowest BCUT2D eigenvalue weighted by molar-refractivity contribution is 0.0982. The van der Waals surface area contributed by atoms with Crippen molar-refractivity contribution in [1.82, 2.24) is 15.2 Å². The van der Waals surface area contributed by atoms with E-state index in [0.29, 0.717) is 25.4 Å². The molecule has 0 spiro atoms. The minimum absolute atomic E-state index is 0.0771. The van der Waals surface area contributed by atoms with Crippen LogP contribution in [0.2, 0.25) is 0 Å². The molecule has 2 heterocycles. The van der Waals surface area contributed by atoms with E-state index in [2.05, 4.69) is 10.3 Å². The first-order chi connectivity index (χ1) is 13.1. The van der Waals surface area contributed by atoms with E-state index in [9.17, 15) is 9.59 Å². The highest BCUT2D eigenvalue weighted by Gasteiger charge is 2.25. The normalized spacial score (nSPS) is 16.6. The summed E-state index contributed by atoms with van der Waals surface area (Å²) in [6.07, 6.45) is 3.88. The van der Waals surface area contributed by atoms with Crippen LogP contribution in [0, 0.1) is 0 Å². The zero-order valence-electron chi connectivity index (χ0n) is 15.1. The van der Waals surface area contributed by atoms with Crippen molar-refractivity contribution in [2.45, 2.75) is 25.4 Å². The molecule has 3 amide bonds. The number of hydrogen-bond acceptors (Lipinski definition) is 4. The molecule has 0 aliphatic carbocycles. The molecule has 3 N–H and O–H groups in total. The molecule has 2 aromatic rings. The van der Waals surface area contributed by atoms with E-state index < -0.39 is 5.91 Å². The number of piperidine rings is 1. The second kappa shape index (κ2) is 9.02. The van der Waals surface area contributed by atoms with Crippen LogP contribution in [-0.4, -0.2) is 47.6 Å². The van der Waals surface area contributed by atoms with Gasteiger partial charge in [-0.05, 0) is 30.9 Å². The third-order valence-corrected chi connectivity index (χ3v) is 4.48. The Kier molecular flexibility index (Phi) is 6.25. The van der Waals surface area contributed by atoms with Gasteiger partial charge in [-0.3, -0.25) is 9.78 Å². The summed E-state index contributed by atoms with van der Waals surface area (Å²) >= 11 is 0. The summed E-state index contributed by atoms with van der Waals surface area (Å²) in [5.74, 6) is -0.0568. The summed E-state index contributed by atoms with van der Waals surface area (Å²) in [7, 11) is 0. The van der Waals surface area contributed by atoms with Crippen LogP contribution < -0.4 is 15.8 Å². The molecule has 1 aromatic heterocycles. The Balaban J connectivity index is 1.49. The number of nitrogens with zero attached hydrogens (tertiary/aromatic N) is 2. The molecule has 1 aliphatic heterocycles. The fraction of sp³-hybridized carbons (Fsp3) is 0.350. The van der Waals surface area contributed by atoms with Crippen LogP contribution in [0.25, 0.3) is 0 Å². The van der Waals surface area contributed by atoms with Crippen molar-refractivity contribution in [3.63, 3.8) is 0 Å². The van der Waals surface area contributed by atoms with E-state index in [1.807, 2.05) is 30.3 Å². The predicted molar refractivity (Wildman–Crippen MR) is 102 cm³/mol. The van der Waals surface area contributed by atoms with Gasteiger partial charge in [0.1, 0.15) is 17.5 Å². The minimum atomic E-state index is -0.594. The van der Waals surface area contributed by atoms with Gasteiger partial charge in [-0.1, -0.05) is 30.3 Å². The summed E-state index contributed by atoms with van der Waals surface area (Å²) in [5.41, 5.74) is 6.61. The number of likely N-dealkylation sites (tertiary alicyclic amines) is 1. The first kappa shape index (κ1) is 18.7. The molecule has 1 aliphatic rings. The zero-order chi connectivity index (χ0) is 19.1. The number of amides is 3. The van der Waals surface area contributed by atoms with Gasteiger partial charge in [0.25, 0.3) is 5.91 Å². The number of rotatable bonds is 6. The molecule has 1 unspecified atom stereocenters. The highest BCUT2D eigenvalue weighted by atomic mass is 16.5. The lowest BCUT2D eigenvalue weighted by atomic mass is 10.1. The van der Waals surface area contributed by atoms with Gasteiger partial charge in [-0.25, -0.2) is 4.79 Å². The van der Waals surface area contributed by atoms with Crippen molar-refractivity contribution in [2.75, 3.05) is 19.6 Å². The van der Waals surface area contributed by atoms with E-state index in [0.717, 1.165) is 19.3 Å². The van der Waals surface area contributed by atoms with Gasteiger partial charge in [-0.15, -0.1) is 0 Å². The summed E-state index contributed by atoms with van der Waals surface area (Å²) in [6, 6.07) is 13.2. The Bertz CT molecular complexity index is 782. The molecule has 7 nitrogen and oxygen atoms in total. The summed E-state index contributed by atoms with van der Waals surface area (Å²) in [5, 5.41) is 2.97. The number of ether oxygens (including phenoxy) is 1. The number of benzene rings is 1. The number of aromatic nitrogens is 1. The number of primary amides is 1. The standard InChI is InChI=1S/C20H24N4O3/c21-19(25)18-13-16(9-11-22-18)27-17-7-4-12-24(14-17)20(26)23-10-8-15-5-2-1-3-6-15/h1-3,5-6,9,11,13,17H,4,7-8,10,12,14H2,(H2,21,25)(H,23,26). The Morgan fingerprint density at radius 1 is 1.26 bits per heavy atom. The summed E-state index contributed by atoms with van der Waals surface area (Å²) in [4.78, 5) is 29.3. The van der Waals surface area contributed by atoms with Crippen LogP contribution in [0.5, 0.6) is 5.75 Å². The first-order valence-electron chi connectivity index (χ1n) is 9.11. The molecule has 0 radical (unpaired) electrons. The van der Waals surface area contributed by atoms with E-state index >= 15 is 0 Å². The Morgan fingerprint density at radius 3 is 2.85 bits per heavy atom. The molecule has 142 valence electrons. The quantitative estimate of drug-likeness (QED) is 0.815. The van der Waals surface area contributed by atoms with Crippen LogP contribution >= 0.6 is 0 Å². The number of hydrogen-bond donors (Lipinski definition) is 2. The molecule has 0 saturated carbocycles. The molecule has 1 saturated heterocycles. The van der Waals surface area contributed by atoms with Gasteiger partial charge in [0.2, 0.25) is 0 Å². The monoisotopic (exact) mass is 368 g/mol. The van der Waals surface area contributed by atoms with E-state index in [4.69, 9.17) is 10.5 Å². The number of carbonyl (C=O) groups excluding carboxylic acids is 2. The van der Waals surface area contributed by atoms with Crippen molar-refractivity contribution >= 4 is 11.9 Å². The maximum Gasteiger partial charge on any atom is 0.317 e. The Morgan fingerprint density at radius 2 is 2.07 bits per heavy atom. The molecular formula is C20H24N4O3. The first-order valence-corrected chi connectivity index (χ1v) is 9.11. The highest BCUT2D eigenvalue weighted by Crippen LogP contribution is 2.19. The maximum atomic E-state index is 12.4. The largest absolute Gasteiger partial charge is 0.488 e. The number of nitrogens with two attached hydrogens (primary N) is 1. The van der Waals surface area contributed by atoms with Gasteiger partial charge in [0.15, 0.2) is 0 Å². The third-order valence-electron chi connectivity index (χ3n) is 4.48. The molecule has 3 rings (SSSR count). The van der Waals surface area contributed by atoms with Gasteiger partial charge in [0.05, 0.1) is 6.54 Å². The lowest BCUT2D eigenvalue weighted by Crippen LogP contribution is -2.48. The molecular weight excluding hydrogens is 344 g/mol. The summed E-state index contributed by atoms with van der Waals surface area (Å²) in [6.45, 7) is 1.81. The van der Waals surface area contributed by atoms with Crippen molar-refractivity contribution in [2.24, 2.45) is 5.73 Å². The smallest absolute Gasteiger partial charge is 0.317 e. The second-order valence-electron chi connectivity index (χ2n) is 6.54. The molecule has 7 heteroatoms. The van der Waals surface area contributed by atoms with Gasteiger partial charge in [0, 0.05) is 25.4 Å². The molecule has 1 fully saturated rings. The van der Waals surface area contributed by atoms with E-state index in [1.165, 1.54) is 17.8 Å². The molecule has 1 atom stereocenters. The topological polar surface area (TPSA) is 97.6 Å². The number of carbonyl (C=O) groups is 2. The molecule has 0 bridgehead atoms. The van der Waals surface area contributed by atoms with E-state index in [-0.39, 0.29) is 17.8 Å². The number of pyridine rings is 1. The van der Waals surface area contributed by atoms with E-state index in [1.54, 1.807) is 11.0 Å². The average molecular weight is 368 g/mol. The predicted octanol–water partition coefficient (Wildman–Crippen LogP) is 1.98. The van der Waals surface area contributed by atoms with Gasteiger partial charge >= 0.3 is 6.03 Å². The van der Waals surface area contributed by atoms with Crippen LogP contribution in [0.1, 0.15) is 28.9 Å². The fourth-order valence-corrected chi connectivity index (χ4v) is 3.10. The van der Waals surface area contributed by atoms with Crippen LogP contribution in [0.4, 0.5) is 4.79 Å². The SMILES string of the molecule is NC(=O)c1cc(OC2CCCN(C(=O)NCCc3ccccc3)C2)ccn1. The average Bonchev–Trinajstić information content (AvgIpc) is 2.69. The zero-order valence-corrected chi connectivity index (χ0v) is 15.1. The van der Waals surface area contributed by atoms with Crippen LogP contribution in [0.15, 0.2) is 48.7 Å².